The molecule has 1 fully saturated rings. The number of sulfonamides is 1. The summed E-state index contributed by atoms with van der Waals surface area (Å²) in [5.41, 5.74) is 2.20. The van der Waals surface area contributed by atoms with Gasteiger partial charge in [-0.15, -0.1) is 0 Å². The van der Waals surface area contributed by atoms with Crippen molar-refractivity contribution in [3.63, 3.8) is 0 Å². The van der Waals surface area contributed by atoms with Crippen molar-refractivity contribution in [1.29, 1.82) is 0 Å². The Balaban J connectivity index is 1.50. The second kappa shape index (κ2) is 13.5. The summed E-state index contributed by atoms with van der Waals surface area (Å²) < 4.78 is 32.5. The molecule has 3 aromatic carbocycles. The third-order valence-electron chi connectivity index (χ3n) is 7.12. The first-order valence-electron chi connectivity index (χ1n) is 13.6. The third-order valence-corrected chi connectivity index (χ3v) is 8.26. The molecule has 0 aliphatic heterocycles. The maximum Gasteiger partial charge on any atom is 0.244 e. The van der Waals surface area contributed by atoms with E-state index in [1.54, 1.807) is 31.2 Å². The lowest BCUT2D eigenvalue weighted by Crippen LogP contribution is -2.52. The first-order valence-corrected chi connectivity index (χ1v) is 15.4. The van der Waals surface area contributed by atoms with Crippen molar-refractivity contribution in [2.75, 3.05) is 17.1 Å². The Morgan fingerprint density at radius 1 is 0.900 bits per heavy atom. The first-order chi connectivity index (χ1) is 19.2. The van der Waals surface area contributed by atoms with Crippen LogP contribution in [0.1, 0.15) is 43.7 Å². The maximum atomic E-state index is 13.7. The molecule has 212 valence electrons. The number of ether oxygens (including phenoxy) is 1. The number of carbonyl (C=O) groups is 2. The van der Waals surface area contributed by atoms with E-state index in [1.807, 2.05) is 60.7 Å². The normalized spacial score (nSPS) is 14.3. The molecular weight excluding hydrogens is 526 g/mol. The second-order valence-corrected chi connectivity index (χ2v) is 12.1. The van der Waals surface area contributed by atoms with E-state index in [1.165, 1.54) is 4.90 Å². The zero-order valence-electron chi connectivity index (χ0n) is 23.0. The number of nitrogens with zero attached hydrogens (tertiary/aromatic N) is 2. The molecule has 1 aliphatic rings. The molecule has 1 atom stereocenters. The Kier molecular flexibility index (Phi) is 9.82. The molecule has 4 rings (SSSR count). The molecule has 0 aromatic heterocycles. The monoisotopic (exact) mass is 563 g/mol. The van der Waals surface area contributed by atoms with Crippen LogP contribution in [0.2, 0.25) is 0 Å². The molecule has 0 spiro atoms. The van der Waals surface area contributed by atoms with Crippen molar-refractivity contribution in [2.24, 2.45) is 0 Å². The molecule has 40 heavy (non-hydrogen) atoms. The van der Waals surface area contributed by atoms with Crippen LogP contribution in [0.5, 0.6) is 5.75 Å². The van der Waals surface area contributed by atoms with Gasteiger partial charge >= 0.3 is 0 Å². The van der Waals surface area contributed by atoms with E-state index in [2.05, 4.69) is 5.32 Å². The average molecular weight is 564 g/mol. The number of nitrogens with one attached hydrogen (secondary N) is 1. The smallest absolute Gasteiger partial charge is 0.244 e. The van der Waals surface area contributed by atoms with E-state index in [0.29, 0.717) is 18.0 Å². The van der Waals surface area contributed by atoms with Gasteiger partial charge in [0, 0.05) is 12.6 Å². The Morgan fingerprint density at radius 2 is 1.48 bits per heavy atom. The van der Waals surface area contributed by atoms with Crippen molar-refractivity contribution in [3.05, 3.63) is 96.1 Å². The number of amides is 2. The van der Waals surface area contributed by atoms with Gasteiger partial charge in [-0.2, -0.15) is 0 Å². The summed E-state index contributed by atoms with van der Waals surface area (Å²) in [5.74, 6) is -0.120. The summed E-state index contributed by atoms with van der Waals surface area (Å²) in [6.45, 7) is 1.82. The van der Waals surface area contributed by atoms with E-state index in [-0.39, 0.29) is 18.5 Å². The van der Waals surface area contributed by atoms with Crippen LogP contribution in [0.25, 0.3) is 0 Å². The minimum absolute atomic E-state index is 0.110. The average Bonchev–Trinajstić information content (AvgIpc) is 3.47. The largest absolute Gasteiger partial charge is 0.489 e. The lowest BCUT2D eigenvalue weighted by molar-refractivity contribution is -0.139. The van der Waals surface area contributed by atoms with Gasteiger partial charge in [0.05, 0.1) is 11.9 Å². The predicted octanol–water partition coefficient (Wildman–Crippen LogP) is 4.51. The van der Waals surface area contributed by atoms with Crippen LogP contribution in [0, 0.1) is 0 Å². The highest BCUT2D eigenvalue weighted by Crippen LogP contribution is 2.24. The van der Waals surface area contributed by atoms with Gasteiger partial charge in [-0.3, -0.25) is 13.9 Å². The number of anilines is 1. The van der Waals surface area contributed by atoms with Gasteiger partial charge in [-0.1, -0.05) is 73.5 Å². The fourth-order valence-corrected chi connectivity index (χ4v) is 5.67. The van der Waals surface area contributed by atoms with Crippen molar-refractivity contribution in [2.45, 2.75) is 57.8 Å². The molecule has 1 aliphatic carbocycles. The van der Waals surface area contributed by atoms with E-state index in [9.17, 15) is 18.0 Å². The number of rotatable bonds is 12. The first kappa shape index (κ1) is 29.1. The minimum atomic E-state index is -3.81. The Labute approximate surface area is 237 Å². The van der Waals surface area contributed by atoms with Crippen LogP contribution in [-0.4, -0.2) is 50.0 Å². The number of hydrogen-bond donors (Lipinski definition) is 1. The third kappa shape index (κ3) is 8.08. The van der Waals surface area contributed by atoms with Crippen molar-refractivity contribution in [3.8, 4) is 5.75 Å². The molecule has 0 heterocycles. The van der Waals surface area contributed by atoms with Gasteiger partial charge in [0.1, 0.15) is 24.9 Å². The lowest BCUT2D eigenvalue weighted by Gasteiger charge is -2.32. The van der Waals surface area contributed by atoms with Gasteiger partial charge in [0.15, 0.2) is 0 Å². The number of benzene rings is 3. The van der Waals surface area contributed by atoms with Crippen LogP contribution in [0.3, 0.4) is 0 Å². The topological polar surface area (TPSA) is 96.0 Å². The second-order valence-electron chi connectivity index (χ2n) is 10.2. The van der Waals surface area contributed by atoms with Crippen LogP contribution < -0.4 is 14.4 Å². The highest BCUT2D eigenvalue weighted by atomic mass is 32.2. The summed E-state index contributed by atoms with van der Waals surface area (Å²) in [6.07, 6.45) is 5.07. The summed E-state index contributed by atoms with van der Waals surface area (Å²) in [6, 6.07) is 25.0. The van der Waals surface area contributed by atoms with Gasteiger partial charge in [-0.25, -0.2) is 8.42 Å². The van der Waals surface area contributed by atoms with Crippen molar-refractivity contribution < 1.29 is 22.7 Å². The molecule has 0 radical (unpaired) electrons. The molecule has 3 aromatic rings. The SMILES string of the molecule is CC(C(=O)NC1CCCC1)N(Cc1ccccc1)C(=O)CN(c1ccc(OCc2ccccc2)cc1)S(C)(=O)=O. The van der Waals surface area contributed by atoms with E-state index < -0.39 is 28.5 Å². The summed E-state index contributed by atoms with van der Waals surface area (Å²) in [5, 5.41) is 3.07. The summed E-state index contributed by atoms with van der Waals surface area (Å²) >= 11 is 0. The van der Waals surface area contributed by atoms with Crippen LogP contribution in [0.4, 0.5) is 5.69 Å². The zero-order chi connectivity index (χ0) is 28.5. The molecule has 1 N–H and O–H groups in total. The number of carbonyl (C=O) groups excluding carboxylic acids is 2. The fourth-order valence-electron chi connectivity index (χ4n) is 4.82. The van der Waals surface area contributed by atoms with Gasteiger partial charge < -0.3 is 15.0 Å². The quantitative estimate of drug-likeness (QED) is 0.350. The molecule has 2 amide bonds. The summed E-state index contributed by atoms with van der Waals surface area (Å²) in [7, 11) is -3.81. The maximum absolute atomic E-state index is 13.7. The van der Waals surface area contributed by atoms with E-state index in [0.717, 1.165) is 47.4 Å². The van der Waals surface area contributed by atoms with E-state index >= 15 is 0 Å². The summed E-state index contributed by atoms with van der Waals surface area (Å²) in [4.78, 5) is 28.3. The lowest BCUT2D eigenvalue weighted by atomic mass is 10.1. The van der Waals surface area contributed by atoms with Gasteiger partial charge in [-0.05, 0) is 55.2 Å². The van der Waals surface area contributed by atoms with E-state index in [4.69, 9.17) is 4.74 Å². The van der Waals surface area contributed by atoms with Crippen molar-refractivity contribution >= 4 is 27.5 Å². The molecule has 9 heteroatoms. The molecule has 8 nitrogen and oxygen atoms in total. The Bertz CT molecular complexity index is 1360. The van der Waals surface area contributed by atoms with Gasteiger partial charge in [0.2, 0.25) is 21.8 Å². The standard InChI is InChI=1S/C31H37N3O5S/c1-24(31(36)32-27-15-9-10-16-27)33(21-25-11-5-3-6-12-25)30(35)22-34(40(2,37)38)28-17-19-29(20-18-28)39-23-26-13-7-4-8-14-26/h3-8,11-14,17-20,24,27H,9-10,15-16,21-23H2,1-2H3,(H,32,36). The van der Waals surface area contributed by atoms with Crippen LogP contribution in [0.15, 0.2) is 84.9 Å². The molecular formula is C31H37N3O5S. The fraction of sp³-hybridized carbons (Fsp3) is 0.355. The van der Waals surface area contributed by atoms with Crippen molar-refractivity contribution in [1.82, 2.24) is 10.2 Å². The minimum Gasteiger partial charge on any atom is -0.489 e. The molecule has 0 saturated heterocycles. The predicted molar refractivity (Wildman–Crippen MR) is 156 cm³/mol. The highest BCUT2D eigenvalue weighted by Gasteiger charge is 2.31. The molecule has 0 bridgehead atoms. The van der Waals surface area contributed by atoms with Crippen LogP contribution >= 0.6 is 0 Å². The van der Waals surface area contributed by atoms with Crippen LogP contribution in [-0.2, 0) is 32.8 Å². The van der Waals surface area contributed by atoms with Gasteiger partial charge in [0.25, 0.3) is 0 Å². The number of hydrogen-bond acceptors (Lipinski definition) is 5. The molecule has 1 saturated carbocycles. The molecule has 1 unspecified atom stereocenters. The highest BCUT2D eigenvalue weighted by molar-refractivity contribution is 7.92. The Morgan fingerprint density at radius 3 is 2.05 bits per heavy atom. The zero-order valence-corrected chi connectivity index (χ0v) is 23.8. The Hall–Kier alpha value is -3.85.